The zero-order valence-corrected chi connectivity index (χ0v) is 18.6. The molecule has 4 nitrogen and oxygen atoms in total. The van der Waals surface area contributed by atoms with Gasteiger partial charge in [-0.1, -0.05) is 59.4 Å². The first kappa shape index (κ1) is 20.8. The van der Waals surface area contributed by atoms with E-state index in [4.69, 9.17) is 4.74 Å². The maximum Gasteiger partial charge on any atom is 0.250 e. The largest absolute Gasteiger partial charge is 0.489 e. The van der Waals surface area contributed by atoms with Gasteiger partial charge in [0.1, 0.15) is 12.4 Å². The van der Waals surface area contributed by atoms with Gasteiger partial charge in [0.15, 0.2) is 5.13 Å². The minimum Gasteiger partial charge on any atom is -0.489 e. The van der Waals surface area contributed by atoms with Crippen LogP contribution < -0.4 is 10.1 Å². The van der Waals surface area contributed by atoms with E-state index in [0.29, 0.717) is 11.7 Å². The van der Waals surface area contributed by atoms with E-state index < -0.39 is 0 Å². The molecule has 1 aromatic heterocycles. The highest BCUT2D eigenvalue weighted by atomic mass is 32.1. The lowest BCUT2D eigenvalue weighted by Crippen LogP contribution is -2.07. The van der Waals surface area contributed by atoms with Crippen molar-refractivity contribution < 1.29 is 9.53 Å². The van der Waals surface area contributed by atoms with Crippen LogP contribution >= 0.6 is 11.3 Å². The molecule has 0 spiro atoms. The van der Waals surface area contributed by atoms with Crippen LogP contribution in [0.1, 0.15) is 27.8 Å². The van der Waals surface area contributed by atoms with Gasteiger partial charge in [0.05, 0.1) is 10.2 Å². The lowest BCUT2D eigenvalue weighted by molar-refractivity contribution is -0.111. The van der Waals surface area contributed by atoms with E-state index in [9.17, 15) is 4.79 Å². The fourth-order valence-electron chi connectivity index (χ4n) is 3.27. The highest BCUT2D eigenvalue weighted by Gasteiger charge is 2.08. The Kier molecular flexibility index (Phi) is 6.14. The molecule has 5 heteroatoms. The number of nitrogens with one attached hydrogen (secondary N) is 1. The van der Waals surface area contributed by atoms with Crippen molar-refractivity contribution in [1.82, 2.24) is 4.98 Å². The lowest BCUT2D eigenvalue weighted by atomic mass is 10.1. The molecule has 1 amide bonds. The van der Waals surface area contributed by atoms with Crippen molar-refractivity contribution in [2.45, 2.75) is 27.4 Å². The molecular formula is C26H24N2O2S. The van der Waals surface area contributed by atoms with Crippen molar-refractivity contribution in [3.8, 4) is 5.75 Å². The number of rotatable bonds is 6. The summed E-state index contributed by atoms with van der Waals surface area (Å²) in [7, 11) is 0. The predicted molar refractivity (Wildman–Crippen MR) is 129 cm³/mol. The van der Waals surface area contributed by atoms with Crippen LogP contribution in [0.4, 0.5) is 5.13 Å². The van der Waals surface area contributed by atoms with Crippen LogP contribution in [0.5, 0.6) is 5.75 Å². The Hall–Kier alpha value is -3.44. The summed E-state index contributed by atoms with van der Waals surface area (Å²) < 4.78 is 6.91. The topological polar surface area (TPSA) is 51.2 Å². The van der Waals surface area contributed by atoms with E-state index in [-0.39, 0.29) is 5.91 Å². The number of carbonyl (C=O) groups excluding carboxylic acids is 1. The number of nitrogens with zero attached hydrogens (tertiary/aromatic N) is 1. The van der Waals surface area contributed by atoms with E-state index >= 15 is 0 Å². The minimum absolute atomic E-state index is 0.201. The first-order chi connectivity index (χ1) is 15.0. The molecule has 1 heterocycles. The van der Waals surface area contributed by atoms with Crippen molar-refractivity contribution in [1.29, 1.82) is 0 Å². The maximum absolute atomic E-state index is 12.3. The number of aryl methyl sites for hydroxylation is 3. The van der Waals surface area contributed by atoms with E-state index in [1.54, 1.807) is 6.08 Å². The Bertz CT molecular complexity index is 1240. The summed E-state index contributed by atoms with van der Waals surface area (Å²) in [5.41, 5.74) is 6.54. The molecule has 0 saturated carbocycles. The van der Waals surface area contributed by atoms with E-state index in [1.165, 1.54) is 28.5 Å². The fraction of sp³-hybridized carbons (Fsp3) is 0.154. The average Bonchev–Trinajstić information content (AvgIpc) is 3.15. The van der Waals surface area contributed by atoms with Crippen molar-refractivity contribution in [2.24, 2.45) is 0 Å². The number of ether oxygens (including phenoxy) is 1. The quantitative estimate of drug-likeness (QED) is 0.359. The van der Waals surface area contributed by atoms with E-state index in [2.05, 4.69) is 60.5 Å². The van der Waals surface area contributed by atoms with Gasteiger partial charge in [-0.25, -0.2) is 4.98 Å². The van der Waals surface area contributed by atoms with Gasteiger partial charge in [0.25, 0.3) is 0 Å². The molecule has 0 saturated heterocycles. The van der Waals surface area contributed by atoms with Gasteiger partial charge in [-0.15, -0.1) is 0 Å². The van der Waals surface area contributed by atoms with Crippen LogP contribution in [0.3, 0.4) is 0 Å². The second kappa shape index (κ2) is 9.14. The van der Waals surface area contributed by atoms with Crippen molar-refractivity contribution in [3.63, 3.8) is 0 Å². The van der Waals surface area contributed by atoms with Gasteiger partial charge in [0, 0.05) is 6.08 Å². The smallest absolute Gasteiger partial charge is 0.250 e. The van der Waals surface area contributed by atoms with Gasteiger partial charge in [-0.3, -0.25) is 10.1 Å². The Morgan fingerprint density at radius 3 is 2.48 bits per heavy atom. The molecule has 0 aliphatic heterocycles. The van der Waals surface area contributed by atoms with Crippen LogP contribution in [-0.4, -0.2) is 10.9 Å². The minimum atomic E-state index is -0.201. The molecule has 156 valence electrons. The molecule has 0 atom stereocenters. The summed E-state index contributed by atoms with van der Waals surface area (Å²) in [6, 6.07) is 20.2. The molecule has 1 N–H and O–H groups in total. The fourth-order valence-corrected chi connectivity index (χ4v) is 4.31. The third-order valence-corrected chi connectivity index (χ3v) is 5.81. The molecule has 4 rings (SSSR count). The summed E-state index contributed by atoms with van der Waals surface area (Å²) in [5, 5.41) is 3.47. The normalized spacial score (nSPS) is 11.2. The van der Waals surface area contributed by atoms with Gasteiger partial charge in [0.2, 0.25) is 5.91 Å². The summed E-state index contributed by atoms with van der Waals surface area (Å²) in [4.78, 5) is 16.9. The molecule has 0 radical (unpaired) electrons. The molecule has 0 aliphatic carbocycles. The van der Waals surface area contributed by atoms with E-state index in [1.807, 2.05) is 31.2 Å². The predicted octanol–water partition coefficient (Wildman–Crippen LogP) is 6.45. The second-order valence-corrected chi connectivity index (χ2v) is 8.64. The summed E-state index contributed by atoms with van der Waals surface area (Å²) in [5.74, 6) is 0.593. The number of hydrogen-bond acceptors (Lipinski definition) is 4. The first-order valence-corrected chi connectivity index (χ1v) is 10.9. The molecule has 0 aliphatic rings. The van der Waals surface area contributed by atoms with Crippen molar-refractivity contribution in [2.75, 3.05) is 5.32 Å². The Morgan fingerprint density at radius 2 is 1.74 bits per heavy atom. The molecule has 0 bridgehead atoms. The van der Waals surface area contributed by atoms with Crippen LogP contribution in [0.2, 0.25) is 0 Å². The number of hydrogen-bond donors (Lipinski definition) is 1. The number of anilines is 1. The van der Waals surface area contributed by atoms with Crippen molar-refractivity contribution >= 4 is 38.7 Å². The number of benzene rings is 3. The SMILES string of the molecule is Cc1ccc(COc2ccc(/C=C/C(=O)Nc3nc4c(C)cc(C)cc4s3)cc2)cc1. The maximum atomic E-state index is 12.3. The Labute approximate surface area is 186 Å². The second-order valence-electron chi connectivity index (χ2n) is 7.61. The monoisotopic (exact) mass is 428 g/mol. The third-order valence-electron chi connectivity index (χ3n) is 4.89. The summed E-state index contributed by atoms with van der Waals surface area (Å²) >= 11 is 1.49. The van der Waals surface area contributed by atoms with Crippen molar-refractivity contribution in [3.05, 3.63) is 94.6 Å². The molecule has 31 heavy (non-hydrogen) atoms. The number of carbonyl (C=O) groups is 1. The molecular weight excluding hydrogens is 404 g/mol. The van der Waals surface area contributed by atoms with Crippen LogP contribution in [0.15, 0.2) is 66.7 Å². The highest BCUT2D eigenvalue weighted by Crippen LogP contribution is 2.29. The molecule has 0 unspecified atom stereocenters. The Morgan fingerprint density at radius 1 is 1.00 bits per heavy atom. The van der Waals surface area contributed by atoms with Crippen LogP contribution in [0, 0.1) is 20.8 Å². The number of aromatic nitrogens is 1. The first-order valence-electron chi connectivity index (χ1n) is 10.1. The van der Waals surface area contributed by atoms with Crippen LogP contribution in [-0.2, 0) is 11.4 Å². The third kappa shape index (κ3) is 5.38. The van der Waals surface area contributed by atoms with Gasteiger partial charge < -0.3 is 4.74 Å². The highest BCUT2D eigenvalue weighted by molar-refractivity contribution is 7.22. The number of amides is 1. The molecule has 0 fully saturated rings. The standard InChI is InChI=1S/C26H24N2O2S/c1-17-4-6-21(7-5-17)16-30-22-11-8-20(9-12-22)10-13-24(29)27-26-28-25-19(3)14-18(2)15-23(25)31-26/h4-15H,16H2,1-3H3,(H,27,28,29)/b13-10+. The lowest BCUT2D eigenvalue weighted by Gasteiger charge is -2.07. The van der Waals surface area contributed by atoms with Gasteiger partial charge in [-0.05, 0) is 67.3 Å². The summed E-state index contributed by atoms with van der Waals surface area (Å²) in [6.07, 6.45) is 3.30. The molecule has 3 aromatic carbocycles. The number of fused-ring (bicyclic) bond motifs is 1. The Balaban J connectivity index is 1.34. The number of thiazole rings is 1. The van der Waals surface area contributed by atoms with Crippen LogP contribution in [0.25, 0.3) is 16.3 Å². The zero-order valence-electron chi connectivity index (χ0n) is 17.8. The molecule has 4 aromatic rings. The zero-order chi connectivity index (χ0) is 21.8. The average molecular weight is 429 g/mol. The van der Waals surface area contributed by atoms with Gasteiger partial charge >= 0.3 is 0 Å². The van der Waals surface area contributed by atoms with Gasteiger partial charge in [-0.2, -0.15) is 0 Å². The van der Waals surface area contributed by atoms with E-state index in [0.717, 1.165) is 32.7 Å². The summed E-state index contributed by atoms with van der Waals surface area (Å²) in [6.45, 7) is 6.69.